The van der Waals surface area contributed by atoms with E-state index in [-0.39, 0.29) is 0 Å². The summed E-state index contributed by atoms with van der Waals surface area (Å²) < 4.78 is 25.2. The Hall–Kier alpha value is -1.28. The van der Waals surface area contributed by atoms with Gasteiger partial charge in [0.1, 0.15) is 5.00 Å². The van der Waals surface area contributed by atoms with Gasteiger partial charge in [0, 0.05) is 0 Å². The van der Waals surface area contributed by atoms with Crippen molar-refractivity contribution < 1.29 is 18.3 Å². The molecule has 72 valence electrons. The molecule has 1 rings (SSSR count). The van der Waals surface area contributed by atoms with E-state index < -0.39 is 16.3 Å². The molecule has 0 spiro atoms. The Kier molecular flexibility index (Phi) is 2.73. The molecule has 0 aromatic carbocycles. The minimum Gasteiger partial charge on any atom is -0.464 e. The van der Waals surface area contributed by atoms with Gasteiger partial charge < -0.3 is 5.11 Å². The van der Waals surface area contributed by atoms with E-state index in [4.69, 9.17) is 5.11 Å². The maximum absolute atomic E-state index is 10.9. The molecule has 0 unspecified atom stereocenters. The van der Waals surface area contributed by atoms with Crippen molar-refractivity contribution in [3.63, 3.8) is 0 Å². The van der Waals surface area contributed by atoms with Crippen molar-refractivity contribution >= 4 is 32.6 Å². The molecule has 1 heterocycles. The lowest BCUT2D eigenvalue weighted by molar-refractivity contribution is 0.201. The van der Waals surface area contributed by atoms with Crippen molar-refractivity contribution in [2.24, 2.45) is 0 Å². The summed E-state index contributed by atoms with van der Waals surface area (Å²) in [6.07, 6.45) is -1.62. The number of rotatable bonds is 3. The molecule has 0 atom stereocenters. The molecule has 13 heavy (non-hydrogen) atoms. The van der Waals surface area contributed by atoms with Crippen molar-refractivity contribution in [1.82, 2.24) is 4.72 Å². The summed E-state index contributed by atoms with van der Waals surface area (Å²) in [5.74, 6) is 0. The first kappa shape index (κ1) is 9.81. The number of carbonyl (C=O) groups is 1. The molecule has 8 heteroatoms. The van der Waals surface area contributed by atoms with Crippen LogP contribution in [-0.4, -0.2) is 19.6 Å². The number of nitrogens with one attached hydrogen (secondary N) is 2. The minimum absolute atomic E-state index is 0.355. The Labute approximate surface area is 78.4 Å². The summed E-state index contributed by atoms with van der Waals surface area (Å²) in [4.78, 5) is 10.0. The van der Waals surface area contributed by atoms with Crippen LogP contribution in [0.4, 0.5) is 9.80 Å². The van der Waals surface area contributed by atoms with Gasteiger partial charge in [-0.1, -0.05) is 0 Å². The highest BCUT2D eigenvalue weighted by Gasteiger charge is 2.12. The largest absolute Gasteiger partial charge is 0.464 e. The fraction of sp³-hybridized carbons (Fsp3) is 0. The van der Waals surface area contributed by atoms with Crippen LogP contribution in [0, 0.1) is 0 Å². The summed E-state index contributed by atoms with van der Waals surface area (Å²) in [6, 6.07) is 3.16. The zero-order valence-electron chi connectivity index (χ0n) is 6.22. The van der Waals surface area contributed by atoms with Gasteiger partial charge in [0.15, 0.2) is 0 Å². The second-order valence-electron chi connectivity index (χ2n) is 1.99. The Balaban J connectivity index is 2.68. The molecule has 0 aliphatic heterocycles. The highest BCUT2D eigenvalue weighted by molar-refractivity contribution is 7.91. The lowest BCUT2D eigenvalue weighted by Crippen LogP contribution is -2.33. The van der Waals surface area contributed by atoms with Gasteiger partial charge >= 0.3 is 16.3 Å². The van der Waals surface area contributed by atoms with Crippen LogP contribution in [0.2, 0.25) is 0 Å². The second kappa shape index (κ2) is 3.62. The first-order valence-corrected chi connectivity index (χ1v) is 5.43. The smallest absolute Gasteiger partial charge is 0.419 e. The van der Waals surface area contributed by atoms with Crippen molar-refractivity contribution in [3.8, 4) is 0 Å². The quantitative estimate of drug-likeness (QED) is 0.700. The predicted octanol–water partition coefficient (Wildman–Crippen LogP) is 0.672. The molecule has 1 aromatic heterocycles. The van der Waals surface area contributed by atoms with Crippen molar-refractivity contribution in [1.29, 1.82) is 0 Å². The molecule has 0 bridgehead atoms. The third-order valence-electron chi connectivity index (χ3n) is 0.978. The van der Waals surface area contributed by atoms with Crippen molar-refractivity contribution in [2.75, 3.05) is 4.72 Å². The van der Waals surface area contributed by atoms with Crippen LogP contribution in [0.1, 0.15) is 0 Å². The van der Waals surface area contributed by atoms with E-state index in [1.54, 1.807) is 11.4 Å². The maximum Gasteiger partial charge on any atom is 0.419 e. The lowest BCUT2D eigenvalue weighted by atomic mass is 10.6. The maximum atomic E-state index is 10.9. The van der Waals surface area contributed by atoms with E-state index in [0.717, 1.165) is 11.3 Å². The number of hydrogen-bond donors (Lipinski definition) is 3. The van der Waals surface area contributed by atoms with E-state index >= 15 is 0 Å². The van der Waals surface area contributed by atoms with Crippen molar-refractivity contribution in [3.05, 3.63) is 17.5 Å². The monoisotopic (exact) mass is 222 g/mol. The normalized spacial score (nSPS) is 10.8. The Morgan fingerprint density at radius 3 is 2.69 bits per heavy atom. The van der Waals surface area contributed by atoms with Crippen LogP contribution in [0.5, 0.6) is 0 Å². The lowest BCUT2D eigenvalue weighted by Gasteiger charge is -2.03. The number of carboxylic acid groups (broad SMARTS) is 1. The first-order valence-electron chi connectivity index (χ1n) is 3.06. The zero-order valence-corrected chi connectivity index (χ0v) is 7.85. The average molecular weight is 222 g/mol. The Morgan fingerprint density at radius 1 is 1.54 bits per heavy atom. The summed E-state index contributed by atoms with van der Waals surface area (Å²) in [5, 5.41) is 10.2. The van der Waals surface area contributed by atoms with Gasteiger partial charge in [0.25, 0.3) is 0 Å². The minimum atomic E-state index is -3.99. The summed E-state index contributed by atoms with van der Waals surface area (Å²) in [5.41, 5.74) is 0. The highest BCUT2D eigenvalue weighted by Crippen LogP contribution is 2.15. The predicted molar refractivity (Wildman–Crippen MR) is 48.0 cm³/mol. The molecule has 1 amide bonds. The fourth-order valence-corrected chi connectivity index (χ4v) is 2.21. The van der Waals surface area contributed by atoms with Crippen LogP contribution >= 0.6 is 11.3 Å². The van der Waals surface area contributed by atoms with Gasteiger partial charge in [0.05, 0.1) is 0 Å². The number of thiophene rings is 1. The molecular weight excluding hydrogens is 216 g/mol. The zero-order chi connectivity index (χ0) is 9.90. The Bertz CT molecular complexity index is 383. The van der Waals surface area contributed by atoms with Gasteiger partial charge in [-0.2, -0.15) is 8.42 Å². The standard InChI is InChI=1S/C5H6N2O4S2/c8-5(9)7-13(10,11)6-4-2-1-3-12-4/h1-3,6-7H,(H,8,9). The van der Waals surface area contributed by atoms with E-state index in [1.807, 2.05) is 4.72 Å². The van der Waals surface area contributed by atoms with Gasteiger partial charge in [-0.05, 0) is 17.5 Å². The van der Waals surface area contributed by atoms with Crippen LogP contribution in [-0.2, 0) is 10.2 Å². The molecule has 3 N–H and O–H groups in total. The fourth-order valence-electron chi connectivity index (χ4n) is 0.610. The molecule has 0 fully saturated rings. The molecule has 0 saturated heterocycles. The first-order chi connectivity index (χ1) is 5.99. The number of amides is 1. The van der Waals surface area contributed by atoms with Crippen molar-refractivity contribution in [2.45, 2.75) is 0 Å². The van der Waals surface area contributed by atoms with Gasteiger partial charge in [-0.3, -0.25) is 4.72 Å². The third-order valence-corrected chi connectivity index (χ3v) is 2.82. The summed E-state index contributed by atoms with van der Waals surface area (Å²) in [7, 11) is -3.99. The number of anilines is 1. The summed E-state index contributed by atoms with van der Waals surface area (Å²) in [6.45, 7) is 0. The summed E-state index contributed by atoms with van der Waals surface area (Å²) >= 11 is 1.15. The van der Waals surface area contributed by atoms with E-state index in [2.05, 4.69) is 0 Å². The molecule has 0 aliphatic carbocycles. The molecule has 0 aliphatic rings. The van der Waals surface area contributed by atoms with E-state index in [0.29, 0.717) is 5.00 Å². The van der Waals surface area contributed by atoms with Crippen LogP contribution in [0.3, 0.4) is 0 Å². The molecule has 1 aromatic rings. The third kappa shape index (κ3) is 3.30. The topological polar surface area (TPSA) is 95.5 Å². The average Bonchev–Trinajstić information content (AvgIpc) is 2.34. The van der Waals surface area contributed by atoms with E-state index in [1.165, 1.54) is 10.8 Å². The molecule has 0 saturated carbocycles. The Morgan fingerprint density at radius 2 is 2.23 bits per heavy atom. The van der Waals surface area contributed by atoms with Gasteiger partial charge in [-0.25, -0.2) is 9.52 Å². The van der Waals surface area contributed by atoms with Crippen LogP contribution in [0.15, 0.2) is 17.5 Å². The van der Waals surface area contributed by atoms with Gasteiger partial charge in [0.2, 0.25) is 0 Å². The molecule has 6 nitrogen and oxygen atoms in total. The molecule has 0 radical (unpaired) electrons. The number of hydrogen-bond acceptors (Lipinski definition) is 4. The van der Waals surface area contributed by atoms with Crippen LogP contribution in [0.25, 0.3) is 0 Å². The van der Waals surface area contributed by atoms with Gasteiger partial charge in [-0.15, -0.1) is 11.3 Å². The second-order valence-corrected chi connectivity index (χ2v) is 4.35. The SMILES string of the molecule is O=C(O)NS(=O)(=O)Nc1cccs1. The highest BCUT2D eigenvalue weighted by atomic mass is 32.2. The van der Waals surface area contributed by atoms with E-state index in [9.17, 15) is 13.2 Å². The molecular formula is C5H6N2O4S2. The van der Waals surface area contributed by atoms with Crippen LogP contribution < -0.4 is 9.44 Å².